The molecule has 0 radical (unpaired) electrons. The second-order valence-corrected chi connectivity index (χ2v) is 6.19. The quantitative estimate of drug-likeness (QED) is 0.539. The summed E-state index contributed by atoms with van der Waals surface area (Å²) < 4.78 is 0. The van der Waals surface area contributed by atoms with Crippen molar-refractivity contribution in [1.29, 1.82) is 0 Å². The number of anilines is 4. The molecule has 4 aromatic rings. The predicted octanol–water partition coefficient (Wildman–Crippen LogP) is 5.13. The average Bonchev–Trinajstić information content (AvgIpc) is 2.61. The van der Waals surface area contributed by atoms with E-state index in [1.807, 2.05) is 55.5 Å². The molecule has 0 bridgehead atoms. The molecule has 5 nitrogen and oxygen atoms in total. The Bertz CT molecular complexity index is 1070. The van der Waals surface area contributed by atoms with Crippen molar-refractivity contribution in [2.24, 2.45) is 0 Å². The third-order valence-electron chi connectivity index (χ3n) is 4.02. The number of hydrogen-bond donors (Lipinski definition) is 2. The Hall–Kier alpha value is -3.47. The Kier molecular flexibility index (Phi) is 4.19. The summed E-state index contributed by atoms with van der Waals surface area (Å²) in [5.74, 6) is 2.17. The Morgan fingerprint density at radius 2 is 1.54 bits per heavy atom. The van der Waals surface area contributed by atoms with Gasteiger partial charge in [0.05, 0.1) is 11.2 Å². The van der Waals surface area contributed by atoms with Gasteiger partial charge in [0, 0.05) is 23.3 Å². The maximum absolute atomic E-state index is 4.51. The molecular weight excluding hydrogens is 322 g/mol. The lowest BCUT2D eigenvalue weighted by molar-refractivity contribution is 1.06. The number of benzene rings is 2. The topological polar surface area (TPSA) is 62.7 Å². The highest BCUT2D eigenvalue weighted by molar-refractivity contribution is 5.91. The monoisotopic (exact) mass is 341 g/mol. The van der Waals surface area contributed by atoms with Crippen LogP contribution < -0.4 is 10.6 Å². The van der Waals surface area contributed by atoms with E-state index in [-0.39, 0.29) is 0 Å². The molecule has 0 amide bonds. The van der Waals surface area contributed by atoms with Crippen LogP contribution in [0.15, 0.2) is 66.9 Å². The zero-order chi connectivity index (χ0) is 17.9. The largest absolute Gasteiger partial charge is 0.340 e. The lowest BCUT2D eigenvalue weighted by Gasteiger charge is -2.12. The molecule has 0 atom stereocenters. The summed E-state index contributed by atoms with van der Waals surface area (Å²) in [6.45, 7) is 3.95. The van der Waals surface area contributed by atoms with Gasteiger partial charge in [-0.25, -0.2) is 9.97 Å². The fraction of sp³-hybridized carbons (Fsp3) is 0.0952. The van der Waals surface area contributed by atoms with Gasteiger partial charge in [-0.3, -0.25) is 4.98 Å². The number of nitrogens with one attached hydrogen (secondary N) is 2. The van der Waals surface area contributed by atoms with Gasteiger partial charge in [-0.05, 0) is 43.7 Å². The molecular formula is C21H19N5. The molecule has 0 aliphatic carbocycles. The standard InChI is InChI=1S/C21H19N5/c1-14-6-3-9-17(12-14)25-19-13-20(24-15(2)23-19)26-18-10-4-7-16-8-5-11-22-21(16)18/h3-13H,1-2H3,(H2,23,24,25,26). The normalized spacial score (nSPS) is 10.7. The van der Waals surface area contributed by atoms with Crippen LogP contribution in [0.25, 0.3) is 10.9 Å². The predicted molar refractivity (Wildman–Crippen MR) is 106 cm³/mol. The van der Waals surface area contributed by atoms with Gasteiger partial charge in [-0.2, -0.15) is 0 Å². The highest BCUT2D eigenvalue weighted by Gasteiger charge is 2.06. The van der Waals surface area contributed by atoms with E-state index >= 15 is 0 Å². The Morgan fingerprint density at radius 1 is 0.769 bits per heavy atom. The van der Waals surface area contributed by atoms with Crippen molar-refractivity contribution in [2.75, 3.05) is 10.6 Å². The highest BCUT2D eigenvalue weighted by atomic mass is 15.1. The molecule has 0 saturated carbocycles. The molecule has 0 fully saturated rings. The molecule has 0 saturated heterocycles. The first kappa shape index (κ1) is 16.0. The van der Waals surface area contributed by atoms with E-state index in [4.69, 9.17) is 0 Å². The van der Waals surface area contributed by atoms with E-state index in [2.05, 4.69) is 44.6 Å². The molecule has 128 valence electrons. The third kappa shape index (κ3) is 3.47. The second-order valence-electron chi connectivity index (χ2n) is 6.19. The second kappa shape index (κ2) is 6.80. The van der Waals surface area contributed by atoms with Crippen LogP contribution in [-0.2, 0) is 0 Å². The zero-order valence-corrected chi connectivity index (χ0v) is 14.7. The van der Waals surface area contributed by atoms with Crippen molar-refractivity contribution >= 4 is 33.9 Å². The lowest BCUT2D eigenvalue weighted by Crippen LogP contribution is -2.02. The number of pyridine rings is 1. The van der Waals surface area contributed by atoms with Crippen LogP contribution in [0.2, 0.25) is 0 Å². The first-order chi connectivity index (χ1) is 12.7. The van der Waals surface area contributed by atoms with Crippen LogP contribution in [-0.4, -0.2) is 15.0 Å². The van der Waals surface area contributed by atoms with Crippen molar-refractivity contribution in [2.45, 2.75) is 13.8 Å². The van der Waals surface area contributed by atoms with Crippen molar-refractivity contribution in [3.63, 3.8) is 0 Å². The van der Waals surface area contributed by atoms with E-state index < -0.39 is 0 Å². The van der Waals surface area contributed by atoms with Crippen molar-refractivity contribution in [1.82, 2.24) is 15.0 Å². The maximum atomic E-state index is 4.51. The van der Waals surface area contributed by atoms with Gasteiger partial charge >= 0.3 is 0 Å². The molecule has 2 aromatic heterocycles. The highest BCUT2D eigenvalue weighted by Crippen LogP contribution is 2.25. The van der Waals surface area contributed by atoms with Gasteiger partial charge in [0.15, 0.2) is 0 Å². The van der Waals surface area contributed by atoms with Crippen LogP contribution in [0.3, 0.4) is 0 Å². The van der Waals surface area contributed by atoms with Gasteiger partial charge in [0.2, 0.25) is 0 Å². The summed E-state index contributed by atoms with van der Waals surface area (Å²) in [5.41, 5.74) is 4.03. The number of fused-ring (bicyclic) bond motifs is 1. The number of rotatable bonds is 4. The Balaban J connectivity index is 1.66. The number of nitrogens with zero attached hydrogens (tertiary/aromatic N) is 3. The minimum Gasteiger partial charge on any atom is -0.340 e. The first-order valence-corrected chi connectivity index (χ1v) is 8.47. The van der Waals surface area contributed by atoms with E-state index in [0.29, 0.717) is 5.82 Å². The van der Waals surface area contributed by atoms with Gasteiger partial charge in [0.25, 0.3) is 0 Å². The van der Waals surface area contributed by atoms with Gasteiger partial charge in [-0.1, -0.05) is 30.3 Å². The summed E-state index contributed by atoms with van der Waals surface area (Å²) in [7, 11) is 0. The van der Waals surface area contributed by atoms with E-state index in [1.165, 1.54) is 5.56 Å². The minimum atomic E-state index is 0.693. The summed E-state index contributed by atoms with van der Waals surface area (Å²) in [6.07, 6.45) is 1.80. The molecule has 0 unspecified atom stereocenters. The summed E-state index contributed by atoms with van der Waals surface area (Å²) >= 11 is 0. The van der Waals surface area contributed by atoms with Crippen LogP contribution in [0.5, 0.6) is 0 Å². The first-order valence-electron chi connectivity index (χ1n) is 8.47. The summed E-state index contributed by atoms with van der Waals surface area (Å²) in [6, 6.07) is 20.1. The number of aryl methyl sites for hydroxylation is 2. The average molecular weight is 341 g/mol. The van der Waals surface area contributed by atoms with E-state index in [1.54, 1.807) is 6.20 Å². The van der Waals surface area contributed by atoms with E-state index in [0.717, 1.165) is 33.9 Å². The van der Waals surface area contributed by atoms with Crippen LogP contribution >= 0.6 is 0 Å². The SMILES string of the molecule is Cc1cccc(Nc2cc(Nc3cccc4cccnc34)nc(C)n2)c1. The van der Waals surface area contributed by atoms with Crippen LogP contribution in [0, 0.1) is 13.8 Å². The molecule has 0 aliphatic rings. The van der Waals surface area contributed by atoms with Crippen molar-refractivity contribution in [3.05, 3.63) is 78.2 Å². The smallest absolute Gasteiger partial charge is 0.136 e. The van der Waals surface area contributed by atoms with Gasteiger partial charge in [0.1, 0.15) is 17.5 Å². The number of hydrogen-bond acceptors (Lipinski definition) is 5. The molecule has 0 spiro atoms. The number of aromatic nitrogens is 3. The van der Waals surface area contributed by atoms with Crippen LogP contribution in [0.1, 0.15) is 11.4 Å². The molecule has 4 rings (SSSR count). The molecule has 2 N–H and O–H groups in total. The lowest BCUT2D eigenvalue weighted by atomic mass is 10.2. The van der Waals surface area contributed by atoms with E-state index in [9.17, 15) is 0 Å². The van der Waals surface area contributed by atoms with Crippen LogP contribution in [0.4, 0.5) is 23.0 Å². The van der Waals surface area contributed by atoms with Gasteiger partial charge < -0.3 is 10.6 Å². The maximum Gasteiger partial charge on any atom is 0.136 e. The van der Waals surface area contributed by atoms with Crippen molar-refractivity contribution < 1.29 is 0 Å². The summed E-state index contributed by atoms with van der Waals surface area (Å²) in [5, 5.41) is 7.80. The Labute approximate surface area is 152 Å². The molecule has 2 heterocycles. The summed E-state index contributed by atoms with van der Waals surface area (Å²) in [4.78, 5) is 13.5. The fourth-order valence-corrected chi connectivity index (χ4v) is 2.91. The van der Waals surface area contributed by atoms with Crippen molar-refractivity contribution in [3.8, 4) is 0 Å². The molecule has 2 aromatic carbocycles. The molecule has 26 heavy (non-hydrogen) atoms. The molecule has 5 heteroatoms. The minimum absolute atomic E-state index is 0.693. The fourth-order valence-electron chi connectivity index (χ4n) is 2.91. The Morgan fingerprint density at radius 3 is 2.38 bits per heavy atom. The molecule has 0 aliphatic heterocycles. The van der Waals surface area contributed by atoms with Gasteiger partial charge in [-0.15, -0.1) is 0 Å². The zero-order valence-electron chi connectivity index (χ0n) is 14.7. The number of para-hydroxylation sites is 1. The third-order valence-corrected chi connectivity index (χ3v) is 4.02.